The third-order valence-electron chi connectivity index (χ3n) is 5.00. The molecule has 2 aliphatic carbocycles. The summed E-state index contributed by atoms with van der Waals surface area (Å²) in [5.74, 6) is 0.281. The zero-order valence-electron chi connectivity index (χ0n) is 12.9. The second-order valence-electron chi connectivity index (χ2n) is 6.19. The minimum atomic E-state index is -0.520. The predicted molar refractivity (Wildman–Crippen MR) is 91.8 cm³/mol. The first-order chi connectivity index (χ1) is 10.7. The molecule has 23 heavy (non-hydrogen) atoms. The molecule has 0 saturated carbocycles. The molecule has 0 saturated heterocycles. The van der Waals surface area contributed by atoms with Crippen molar-refractivity contribution in [3.8, 4) is 0 Å². The third kappa shape index (κ3) is 2.57. The van der Waals surface area contributed by atoms with Crippen molar-refractivity contribution in [2.24, 2.45) is 0 Å². The third-order valence-corrected chi connectivity index (χ3v) is 5.33. The zero-order valence-corrected chi connectivity index (χ0v) is 15.2. The van der Waals surface area contributed by atoms with Crippen LogP contribution in [0.4, 0.5) is 0 Å². The van der Waals surface area contributed by atoms with Gasteiger partial charge < -0.3 is 0 Å². The largest absolute Gasteiger partial charge is 0.271 e. The van der Waals surface area contributed by atoms with Gasteiger partial charge in [0.2, 0.25) is 0 Å². The number of benzene rings is 2. The van der Waals surface area contributed by atoms with E-state index in [4.69, 9.17) is 16.2 Å². The number of fused-ring (bicyclic) bond motifs is 2. The molecule has 2 aliphatic rings. The summed E-state index contributed by atoms with van der Waals surface area (Å²) in [4.78, 5) is 0. The van der Waals surface area contributed by atoms with E-state index >= 15 is 0 Å². The molecule has 0 aromatic heterocycles. The molecule has 0 aliphatic heterocycles. The number of hydrogen-bond acceptors (Lipinski definition) is 1. The minimum absolute atomic E-state index is 0. The van der Waals surface area contributed by atoms with Crippen molar-refractivity contribution in [1.82, 2.24) is 0 Å². The topological polar surface area (TPSA) is 9.23 Å². The van der Waals surface area contributed by atoms with Crippen LogP contribution in [0.25, 0.3) is 12.2 Å². The first-order valence-corrected chi connectivity index (χ1v) is 7.89. The average Bonchev–Trinajstić information content (AvgIpc) is 3.19. The number of halogens is 1. The summed E-state index contributed by atoms with van der Waals surface area (Å²) < 4.78 is 5.59. The van der Waals surface area contributed by atoms with Gasteiger partial charge in [-0.3, -0.25) is 4.29 Å². The summed E-state index contributed by atoms with van der Waals surface area (Å²) >= 11 is 6.03. The van der Waals surface area contributed by atoms with Crippen LogP contribution in [-0.2, 0) is 26.0 Å². The molecule has 2 atom stereocenters. The van der Waals surface area contributed by atoms with Crippen LogP contribution in [0.5, 0.6) is 0 Å². The molecule has 2 unspecified atom stereocenters. The molecule has 0 radical (unpaired) electrons. The molecule has 0 N–H and O–H groups in total. The summed E-state index contributed by atoms with van der Waals surface area (Å²) in [6, 6.07) is 16.9. The zero-order chi connectivity index (χ0) is 15.2. The van der Waals surface area contributed by atoms with Gasteiger partial charge in [0.15, 0.2) is 0 Å². The Balaban J connectivity index is 0.00000156. The monoisotopic (exact) mass is 356 g/mol. The molecule has 4 rings (SSSR count). The van der Waals surface area contributed by atoms with Crippen molar-refractivity contribution in [3.63, 3.8) is 0 Å². The molecule has 0 heterocycles. The van der Waals surface area contributed by atoms with Gasteiger partial charge >= 0.3 is 0 Å². The molecular formula is C20H17ClOTi. The van der Waals surface area contributed by atoms with Crippen molar-refractivity contribution in [2.45, 2.75) is 24.4 Å². The van der Waals surface area contributed by atoms with Gasteiger partial charge in [0.05, 0.1) is 11.9 Å². The van der Waals surface area contributed by atoms with Crippen molar-refractivity contribution < 1.29 is 26.0 Å². The van der Waals surface area contributed by atoms with E-state index in [1.54, 1.807) is 0 Å². The fraction of sp³-hybridized carbons (Fsp3) is 0.200. The van der Waals surface area contributed by atoms with Crippen LogP contribution in [-0.4, -0.2) is 5.60 Å². The van der Waals surface area contributed by atoms with E-state index in [0.717, 1.165) is 0 Å². The van der Waals surface area contributed by atoms with Crippen LogP contribution in [0.15, 0.2) is 60.7 Å². The Kier molecular flexibility index (Phi) is 4.66. The Morgan fingerprint density at radius 1 is 0.826 bits per heavy atom. The summed E-state index contributed by atoms with van der Waals surface area (Å²) in [7, 11) is 0. The summed E-state index contributed by atoms with van der Waals surface area (Å²) in [5, 5.41) is 0. The molecule has 114 valence electrons. The maximum atomic E-state index is 6.03. The molecule has 3 heteroatoms. The van der Waals surface area contributed by atoms with Crippen LogP contribution >= 0.6 is 11.9 Å². The predicted octanol–water partition coefficient (Wildman–Crippen LogP) is 5.53. The van der Waals surface area contributed by atoms with Crippen LogP contribution < -0.4 is 0 Å². The fourth-order valence-electron chi connectivity index (χ4n) is 3.79. The standard InChI is InChI=1S/C20H17ClO.Ti/c1-20(22-21,18-12-10-14-6-2-4-8-16(14)18)19-13-11-15-7-3-5-9-17(15)19;/h2-13,18-19H,1H3;. The first kappa shape index (κ1) is 16.7. The Labute approximate surface area is 157 Å². The van der Waals surface area contributed by atoms with E-state index in [1.165, 1.54) is 22.3 Å². The SMILES string of the molecule is CC(OCl)(C1C=Cc2ccccc21)C1C=Cc2ccccc21.[Ti]. The van der Waals surface area contributed by atoms with Gasteiger partial charge in [-0.25, -0.2) is 0 Å². The van der Waals surface area contributed by atoms with Gasteiger partial charge in [-0.1, -0.05) is 72.8 Å². The summed E-state index contributed by atoms with van der Waals surface area (Å²) in [6.45, 7) is 2.11. The van der Waals surface area contributed by atoms with Crippen molar-refractivity contribution in [1.29, 1.82) is 0 Å². The summed E-state index contributed by atoms with van der Waals surface area (Å²) in [5.41, 5.74) is 4.55. The van der Waals surface area contributed by atoms with Crippen molar-refractivity contribution in [2.75, 3.05) is 0 Å². The van der Waals surface area contributed by atoms with E-state index in [1.807, 2.05) is 0 Å². The Hall–Kier alpha value is -1.12. The molecule has 2 aromatic rings. The molecule has 1 nitrogen and oxygen atoms in total. The van der Waals surface area contributed by atoms with E-state index in [0.29, 0.717) is 0 Å². The quantitative estimate of drug-likeness (QED) is 0.657. The van der Waals surface area contributed by atoms with Crippen LogP contribution in [0.2, 0.25) is 0 Å². The van der Waals surface area contributed by atoms with E-state index < -0.39 is 5.60 Å². The van der Waals surface area contributed by atoms with E-state index in [-0.39, 0.29) is 33.6 Å². The van der Waals surface area contributed by atoms with Crippen LogP contribution in [0, 0.1) is 0 Å². The maximum absolute atomic E-state index is 6.03. The van der Waals surface area contributed by atoms with Crippen molar-refractivity contribution >= 4 is 24.0 Å². The molecule has 0 bridgehead atoms. The van der Waals surface area contributed by atoms with Crippen LogP contribution in [0.1, 0.15) is 41.0 Å². The molecule has 0 amide bonds. The van der Waals surface area contributed by atoms with Crippen LogP contribution in [0.3, 0.4) is 0 Å². The number of rotatable bonds is 3. The van der Waals surface area contributed by atoms with Gasteiger partial charge in [0, 0.05) is 33.6 Å². The second-order valence-corrected chi connectivity index (χ2v) is 6.35. The molecule has 2 aromatic carbocycles. The van der Waals surface area contributed by atoms with E-state index in [2.05, 4.69) is 79.8 Å². The average molecular weight is 357 g/mol. The normalized spacial score (nSPS) is 23.0. The first-order valence-electron chi connectivity index (χ1n) is 7.58. The van der Waals surface area contributed by atoms with Gasteiger partial charge in [-0.05, 0) is 29.2 Å². The van der Waals surface area contributed by atoms with Gasteiger partial charge in [0.1, 0.15) is 5.60 Å². The Morgan fingerprint density at radius 2 is 1.26 bits per heavy atom. The molecule has 0 spiro atoms. The fourth-order valence-corrected chi connectivity index (χ4v) is 3.98. The van der Waals surface area contributed by atoms with Gasteiger partial charge in [-0.15, -0.1) is 0 Å². The molecular weight excluding hydrogens is 340 g/mol. The number of hydrogen-bond donors (Lipinski definition) is 0. The Bertz CT molecular complexity index is 719. The van der Waals surface area contributed by atoms with E-state index in [9.17, 15) is 0 Å². The van der Waals surface area contributed by atoms with Gasteiger partial charge in [0.25, 0.3) is 0 Å². The minimum Gasteiger partial charge on any atom is -0.271 e. The summed E-state index contributed by atoms with van der Waals surface area (Å²) in [6.07, 6.45) is 8.75. The smallest absolute Gasteiger partial charge is 0.107 e. The Morgan fingerprint density at radius 3 is 1.70 bits per heavy atom. The second kappa shape index (κ2) is 6.41. The van der Waals surface area contributed by atoms with Crippen molar-refractivity contribution in [3.05, 3.63) is 82.9 Å². The van der Waals surface area contributed by atoms with Gasteiger partial charge in [-0.2, -0.15) is 0 Å². The maximum Gasteiger partial charge on any atom is 0.107 e. The molecule has 0 fully saturated rings.